The van der Waals surface area contributed by atoms with Gasteiger partial charge in [-0.05, 0) is 23.9 Å². The third-order valence-corrected chi connectivity index (χ3v) is 6.16. The van der Waals surface area contributed by atoms with E-state index < -0.39 is 0 Å². The van der Waals surface area contributed by atoms with Gasteiger partial charge in [-0.1, -0.05) is 81.4 Å². The Morgan fingerprint density at radius 1 is 1.00 bits per heavy atom. The SMILES string of the molecule is CC(C)(C)C(c1nc(-c2ccccc2)cn1Cc1ccccc1)N(CCCN)C(=O)Cn1cnnc1. The second-order valence-electron chi connectivity index (χ2n) is 10.1. The molecule has 36 heavy (non-hydrogen) atoms. The van der Waals surface area contributed by atoms with Crippen LogP contribution in [0.3, 0.4) is 0 Å². The fourth-order valence-corrected chi connectivity index (χ4v) is 4.51. The summed E-state index contributed by atoms with van der Waals surface area (Å²) >= 11 is 0. The summed E-state index contributed by atoms with van der Waals surface area (Å²) in [4.78, 5) is 20.8. The summed E-state index contributed by atoms with van der Waals surface area (Å²) in [6, 6.07) is 20.2. The molecule has 0 radical (unpaired) electrons. The zero-order valence-corrected chi connectivity index (χ0v) is 21.3. The molecule has 0 aliphatic rings. The highest BCUT2D eigenvalue weighted by atomic mass is 16.2. The molecule has 2 aromatic carbocycles. The standard InChI is InChI=1S/C28H35N7O/c1-28(2,3)26(35(16-10-15-29)25(36)19-33-20-30-31-21-33)27-32-24(23-13-8-5-9-14-23)18-34(27)17-22-11-6-4-7-12-22/h4-9,11-14,18,20-21,26H,10,15-17,19,29H2,1-3H3. The van der Waals surface area contributed by atoms with Crippen LogP contribution in [0.15, 0.2) is 79.5 Å². The van der Waals surface area contributed by atoms with Crippen molar-refractivity contribution in [1.29, 1.82) is 0 Å². The second kappa shape index (κ2) is 11.3. The molecule has 0 fully saturated rings. The van der Waals surface area contributed by atoms with Crippen molar-refractivity contribution in [3.8, 4) is 11.3 Å². The highest BCUT2D eigenvalue weighted by Crippen LogP contribution is 2.39. The fourth-order valence-electron chi connectivity index (χ4n) is 4.51. The maximum atomic E-state index is 13.7. The van der Waals surface area contributed by atoms with E-state index in [1.807, 2.05) is 41.3 Å². The van der Waals surface area contributed by atoms with Crippen LogP contribution in [0.5, 0.6) is 0 Å². The maximum Gasteiger partial charge on any atom is 0.243 e. The average Bonchev–Trinajstić information content (AvgIpc) is 3.52. The van der Waals surface area contributed by atoms with E-state index in [2.05, 4.69) is 66.0 Å². The van der Waals surface area contributed by atoms with E-state index in [0.29, 0.717) is 26.1 Å². The molecule has 188 valence electrons. The predicted molar refractivity (Wildman–Crippen MR) is 141 cm³/mol. The zero-order chi connectivity index (χ0) is 25.5. The number of rotatable bonds is 10. The Hall–Kier alpha value is -3.78. The number of imidazole rings is 1. The predicted octanol–water partition coefficient (Wildman–Crippen LogP) is 4.15. The van der Waals surface area contributed by atoms with Gasteiger partial charge in [0.2, 0.25) is 5.91 Å². The van der Waals surface area contributed by atoms with Crippen molar-refractivity contribution in [2.24, 2.45) is 11.1 Å². The molecule has 0 bridgehead atoms. The summed E-state index contributed by atoms with van der Waals surface area (Å²) in [5.41, 5.74) is 8.71. The second-order valence-corrected chi connectivity index (χ2v) is 10.1. The normalized spacial score (nSPS) is 12.4. The molecule has 0 aliphatic heterocycles. The smallest absolute Gasteiger partial charge is 0.243 e. The first-order valence-corrected chi connectivity index (χ1v) is 12.3. The minimum absolute atomic E-state index is 0.0151. The van der Waals surface area contributed by atoms with Crippen LogP contribution in [0.1, 0.15) is 44.6 Å². The topological polar surface area (TPSA) is 94.9 Å². The molecule has 0 saturated heterocycles. The molecular weight excluding hydrogens is 450 g/mol. The molecule has 8 heteroatoms. The summed E-state index contributed by atoms with van der Waals surface area (Å²) in [5.74, 6) is 0.845. The molecule has 0 aliphatic carbocycles. The Balaban J connectivity index is 1.81. The summed E-state index contributed by atoms with van der Waals surface area (Å²) in [6.07, 6.45) is 5.93. The van der Waals surface area contributed by atoms with E-state index in [1.54, 1.807) is 17.2 Å². The van der Waals surface area contributed by atoms with Crippen molar-refractivity contribution < 1.29 is 4.79 Å². The summed E-state index contributed by atoms with van der Waals surface area (Å²) in [6.45, 7) is 8.33. The number of hydrogen-bond donors (Lipinski definition) is 1. The first kappa shape index (κ1) is 25.3. The van der Waals surface area contributed by atoms with Gasteiger partial charge >= 0.3 is 0 Å². The summed E-state index contributed by atoms with van der Waals surface area (Å²) < 4.78 is 3.89. The van der Waals surface area contributed by atoms with E-state index >= 15 is 0 Å². The van der Waals surface area contributed by atoms with Crippen LogP contribution in [0.25, 0.3) is 11.3 Å². The van der Waals surface area contributed by atoms with Crippen LogP contribution >= 0.6 is 0 Å². The third kappa shape index (κ3) is 6.07. The minimum Gasteiger partial charge on any atom is -0.330 e. The van der Waals surface area contributed by atoms with Crippen LogP contribution < -0.4 is 5.73 Å². The monoisotopic (exact) mass is 485 g/mol. The van der Waals surface area contributed by atoms with Gasteiger partial charge in [0, 0.05) is 24.8 Å². The Labute approximate surface area is 212 Å². The molecule has 2 heterocycles. The van der Waals surface area contributed by atoms with Crippen LogP contribution in [-0.4, -0.2) is 48.2 Å². The molecular formula is C28H35N7O. The summed E-state index contributed by atoms with van der Waals surface area (Å²) in [7, 11) is 0. The molecule has 2 aromatic heterocycles. The lowest BCUT2D eigenvalue weighted by Crippen LogP contribution is -2.44. The van der Waals surface area contributed by atoms with Gasteiger partial charge in [0.25, 0.3) is 0 Å². The van der Waals surface area contributed by atoms with E-state index in [0.717, 1.165) is 17.1 Å². The van der Waals surface area contributed by atoms with Gasteiger partial charge in [0.1, 0.15) is 25.0 Å². The van der Waals surface area contributed by atoms with Gasteiger partial charge in [0.15, 0.2) is 0 Å². The van der Waals surface area contributed by atoms with Gasteiger partial charge in [-0.25, -0.2) is 4.98 Å². The van der Waals surface area contributed by atoms with Crippen LogP contribution in [0.2, 0.25) is 0 Å². The Morgan fingerprint density at radius 3 is 2.25 bits per heavy atom. The van der Waals surface area contributed by atoms with Crippen molar-refractivity contribution in [3.63, 3.8) is 0 Å². The lowest BCUT2D eigenvalue weighted by molar-refractivity contribution is -0.137. The quantitative estimate of drug-likeness (QED) is 0.364. The fraction of sp³-hybridized carbons (Fsp3) is 0.357. The minimum atomic E-state index is -0.287. The van der Waals surface area contributed by atoms with E-state index in [9.17, 15) is 4.79 Å². The maximum absolute atomic E-state index is 13.7. The summed E-state index contributed by atoms with van der Waals surface area (Å²) in [5, 5.41) is 7.70. The molecule has 4 rings (SSSR count). The number of carbonyl (C=O) groups excluding carboxylic acids is 1. The Morgan fingerprint density at radius 2 is 1.64 bits per heavy atom. The Bertz CT molecular complexity index is 1230. The number of hydrogen-bond acceptors (Lipinski definition) is 5. The molecule has 1 atom stereocenters. The van der Waals surface area contributed by atoms with Crippen molar-refractivity contribution in [3.05, 3.63) is 90.9 Å². The first-order valence-electron chi connectivity index (χ1n) is 12.3. The van der Waals surface area contributed by atoms with E-state index in [-0.39, 0.29) is 23.9 Å². The number of aromatic nitrogens is 5. The van der Waals surface area contributed by atoms with Gasteiger partial charge in [-0.2, -0.15) is 0 Å². The van der Waals surface area contributed by atoms with Crippen molar-refractivity contribution in [1.82, 2.24) is 29.2 Å². The lowest BCUT2D eigenvalue weighted by atomic mass is 9.84. The van der Waals surface area contributed by atoms with Crippen molar-refractivity contribution >= 4 is 5.91 Å². The van der Waals surface area contributed by atoms with Crippen LogP contribution in [0, 0.1) is 5.41 Å². The number of nitrogens with zero attached hydrogens (tertiary/aromatic N) is 6. The van der Waals surface area contributed by atoms with Gasteiger partial charge in [-0.3, -0.25) is 4.79 Å². The van der Waals surface area contributed by atoms with Crippen molar-refractivity contribution in [2.45, 2.75) is 46.3 Å². The average molecular weight is 486 g/mol. The largest absolute Gasteiger partial charge is 0.330 e. The van der Waals surface area contributed by atoms with Gasteiger partial charge < -0.3 is 19.8 Å². The molecule has 8 nitrogen and oxygen atoms in total. The third-order valence-electron chi connectivity index (χ3n) is 6.16. The molecule has 1 unspecified atom stereocenters. The molecule has 0 saturated carbocycles. The van der Waals surface area contributed by atoms with Crippen LogP contribution in [0.4, 0.5) is 0 Å². The van der Waals surface area contributed by atoms with Crippen LogP contribution in [-0.2, 0) is 17.9 Å². The number of amides is 1. The van der Waals surface area contributed by atoms with Gasteiger partial charge in [-0.15, -0.1) is 10.2 Å². The highest BCUT2D eigenvalue weighted by molar-refractivity contribution is 5.76. The van der Waals surface area contributed by atoms with E-state index in [1.165, 1.54) is 5.56 Å². The van der Waals surface area contributed by atoms with Crippen molar-refractivity contribution in [2.75, 3.05) is 13.1 Å². The highest BCUT2D eigenvalue weighted by Gasteiger charge is 2.38. The molecule has 2 N–H and O–H groups in total. The first-order chi connectivity index (χ1) is 17.4. The molecule has 0 spiro atoms. The number of benzene rings is 2. The van der Waals surface area contributed by atoms with Gasteiger partial charge in [0.05, 0.1) is 11.7 Å². The molecule has 4 aromatic rings. The molecule has 1 amide bonds. The van der Waals surface area contributed by atoms with E-state index in [4.69, 9.17) is 10.7 Å². The number of nitrogens with two attached hydrogens (primary N) is 1. The zero-order valence-electron chi connectivity index (χ0n) is 21.3. The number of carbonyl (C=O) groups is 1. The lowest BCUT2D eigenvalue weighted by Gasteiger charge is -2.40. The Kier molecular flexibility index (Phi) is 7.95.